The Morgan fingerprint density at radius 2 is 2.38 bits per heavy atom. The summed E-state index contributed by atoms with van der Waals surface area (Å²) < 4.78 is 0. The second kappa shape index (κ2) is 6.95. The molecule has 0 aromatic carbocycles. The summed E-state index contributed by atoms with van der Waals surface area (Å²) in [4.78, 5) is 15.5. The molecule has 1 atom stereocenters. The number of rotatable bonds is 6. The average Bonchev–Trinajstić information content (AvgIpc) is 2.28. The van der Waals surface area contributed by atoms with Crippen molar-refractivity contribution in [2.75, 3.05) is 6.54 Å². The van der Waals surface area contributed by atoms with Crippen molar-refractivity contribution in [3.63, 3.8) is 0 Å². The highest BCUT2D eigenvalue weighted by Crippen LogP contribution is 1.95. The molecule has 0 bridgehead atoms. The Morgan fingerprint density at radius 3 is 3.00 bits per heavy atom. The van der Waals surface area contributed by atoms with E-state index >= 15 is 0 Å². The van der Waals surface area contributed by atoms with E-state index in [-0.39, 0.29) is 11.9 Å². The average molecular weight is 221 g/mol. The summed E-state index contributed by atoms with van der Waals surface area (Å²) >= 11 is 0. The zero-order valence-electron chi connectivity index (χ0n) is 9.65. The van der Waals surface area contributed by atoms with Gasteiger partial charge in [-0.2, -0.15) is 0 Å². The SMILES string of the molecule is CC(N)CCC(=O)NCCc1ccccn1. The lowest BCUT2D eigenvalue weighted by atomic mass is 10.2. The van der Waals surface area contributed by atoms with E-state index in [0.29, 0.717) is 13.0 Å². The topological polar surface area (TPSA) is 68.0 Å². The van der Waals surface area contributed by atoms with Crippen LogP contribution in [-0.4, -0.2) is 23.5 Å². The number of pyridine rings is 1. The number of nitrogens with zero attached hydrogens (tertiary/aromatic N) is 1. The minimum absolute atomic E-state index is 0.0632. The summed E-state index contributed by atoms with van der Waals surface area (Å²) in [6, 6.07) is 5.86. The molecule has 0 radical (unpaired) electrons. The summed E-state index contributed by atoms with van der Waals surface area (Å²) in [5, 5.41) is 2.85. The fourth-order valence-corrected chi connectivity index (χ4v) is 1.32. The Morgan fingerprint density at radius 1 is 1.56 bits per heavy atom. The lowest BCUT2D eigenvalue weighted by Crippen LogP contribution is -2.27. The van der Waals surface area contributed by atoms with Crippen LogP contribution in [0.3, 0.4) is 0 Å². The monoisotopic (exact) mass is 221 g/mol. The van der Waals surface area contributed by atoms with Crippen LogP contribution < -0.4 is 11.1 Å². The quantitative estimate of drug-likeness (QED) is 0.749. The van der Waals surface area contributed by atoms with Gasteiger partial charge in [-0.1, -0.05) is 6.07 Å². The lowest BCUT2D eigenvalue weighted by Gasteiger charge is -2.06. The summed E-state index contributed by atoms with van der Waals surface area (Å²) in [5.74, 6) is 0.0632. The van der Waals surface area contributed by atoms with Gasteiger partial charge in [0.1, 0.15) is 0 Å². The third-order valence-corrected chi connectivity index (χ3v) is 2.26. The highest BCUT2D eigenvalue weighted by molar-refractivity contribution is 5.75. The fourth-order valence-electron chi connectivity index (χ4n) is 1.32. The zero-order chi connectivity index (χ0) is 11.8. The third kappa shape index (κ3) is 5.46. The minimum atomic E-state index is 0.0632. The van der Waals surface area contributed by atoms with E-state index in [0.717, 1.165) is 18.5 Å². The maximum Gasteiger partial charge on any atom is 0.220 e. The number of hydrogen-bond donors (Lipinski definition) is 2. The molecule has 0 saturated heterocycles. The van der Waals surface area contributed by atoms with Crippen molar-refractivity contribution >= 4 is 5.91 Å². The van der Waals surface area contributed by atoms with Crippen molar-refractivity contribution in [3.8, 4) is 0 Å². The largest absolute Gasteiger partial charge is 0.356 e. The molecular weight excluding hydrogens is 202 g/mol. The first-order valence-electron chi connectivity index (χ1n) is 5.60. The van der Waals surface area contributed by atoms with Gasteiger partial charge in [0.2, 0.25) is 5.91 Å². The van der Waals surface area contributed by atoms with Crippen molar-refractivity contribution < 1.29 is 4.79 Å². The zero-order valence-corrected chi connectivity index (χ0v) is 9.65. The van der Waals surface area contributed by atoms with E-state index in [9.17, 15) is 4.79 Å². The number of carbonyl (C=O) groups is 1. The Labute approximate surface area is 96.3 Å². The van der Waals surface area contributed by atoms with Gasteiger partial charge in [0.15, 0.2) is 0 Å². The summed E-state index contributed by atoms with van der Waals surface area (Å²) in [6.45, 7) is 2.54. The Kier molecular flexibility index (Phi) is 5.50. The van der Waals surface area contributed by atoms with Crippen molar-refractivity contribution in [3.05, 3.63) is 30.1 Å². The fraction of sp³-hybridized carbons (Fsp3) is 0.500. The van der Waals surface area contributed by atoms with Gasteiger partial charge in [0.25, 0.3) is 0 Å². The van der Waals surface area contributed by atoms with Gasteiger partial charge in [0, 0.05) is 37.3 Å². The van der Waals surface area contributed by atoms with E-state index in [1.54, 1.807) is 6.20 Å². The van der Waals surface area contributed by atoms with Gasteiger partial charge in [-0.05, 0) is 25.5 Å². The third-order valence-electron chi connectivity index (χ3n) is 2.26. The van der Waals surface area contributed by atoms with E-state index < -0.39 is 0 Å². The molecule has 1 rings (SSSR count). The molecule has 1 aromatic rings. The van der Waals surface area contributed by atoms with E-state index in [1.165, 1.54) is 0 Å². The van der Waals surface area contributed by atoms with Crippen LogP contribution in [-0.2, 0) is 11.2 Å². The number of hydrogen-bond acceptors (Lipinski definition) is 3. The molecule has 0 spiro atoms. The number of amides is 1. The normalized spacial score (nSPS) is 12.1. The Hall–Kier alpha value is -1.42. The number of carbonyl (C=O) groups excluding carboxylic acids is 1. The van der Waals surface area contributed by atoms with E-state index in [2.05, 4.69) is 10.3 Å². The van der Waals surface area contributed by atoms with Gasteiger partial charge in [-0.3, -0.25) is 9.78 Å². The van der Waals surface area contributed by atoms with E-state index in [4.69, 9.17) is 5.73 Å². The first kappa shape index (κ1) is 12.6. The molecule has 16 heavy (non-hydrogen) atoms. The lowest BCUT2D eigenvalue weighted by molar-refractivity contribution is -0.121. The summed E-state index contributed by atoms with van der Waals surface area (Å²) in [7, 11) is 0. The minimum Gasteiger partial charge on any atom is -0.356 e. The molecule has 4 heteroatoms. The Balaban J connectivity index is 2.13. The van der Waals surface area contributed by atoms with Crippen LogP contribution in [0.15, 0.2) is 24.4 Å². The number of nitrogens with two attached hydrogens (primary N) is 1. The van der Waals surface area contributed by atoms with Gasteiger partial charge in [0.05, 0.1) is 0 Å². The number of nitrogens with one attached hydrogen (secondary N) is 1. The van der Waals surface area contributed by atoms with Crippen molar-refractivity contribution in [2.45, 2.75) is 32.2 Å². The van der Waals surface area contributed by atoms with Crippen LogP contribution in [0.25, 0.3) is 0 Å². The summed E-state index contributed by atoms with van der Waals surface area (Å²) in [6.07, 6.45) is 3.76. The van der Waals surface area contributed by atoms with Crippen LogP contribution in [0.4, 0.5) is 0 Å². The van der Waals surface area contributed by atoms with Crippen LogP contribution >= 0.6 is 0 Å². The second-order valence-corrected chi connectivity index (χ2v) is 3.94. The van der Waals surface area contributed by atoms with E-state index in [1.807, 2.05) is 25.1 Å². The van der Waals surface area contributed by atoms with Crippen LogP contribution in [0.1, 0.15) is 25.5 Å². The van der Waals surface area contributed by atoms with Crippen LogP contribution in [0, 0.1) is 0 Å². The maximum atomic E-state index is 11.4. The van der Waals surface area contributed by atoms with Crippen LogP contribution in [0.2, 0.25) is 0 Å². The van der Waals surface area contributed by atoms with Crippen molar-refractivity contribution in [1.29, 1.82) is 0 Å². The first-order chi connectivity index (χ1) is 7.68. The molecule has 1 aromatic heterocycles. The number of aromatic nitrogens is 1. The highest BCUT2D eigenvalue weighted by Gasteiger charge is 2.02. The summed E-state index contributed by atoms with van der Waals surface area (Å²) in [5.41, 5.74) is 6.57. The Bertz CT molecular complexity index is 311. The van der Waals surface area contributed by atoms with Crippen molar-refractivity contribution in [2.24, 2.45) is 5.73 Å². The molecule has 4 nitrogen and oxygen atoms in total. The van der Waals surface area contributed by atoms with Crippen LogP contribution in [0.5, 0.6) is 0 Å². The van der Waals surface area contributed by atoms with Gasteiger partial charge >= 0.3 is 0 Å². The molecule has 1 unspecified atom stereocenters. The molecule has 88 valence electrons. The maximum absolute atomic E-state index is 11.4. The van der Waals surface area contributed by atoms with Crippen molar-refractivity contribution in [1.82, 2.24) is 10.3 Å². The molecule has 0 aliphatic carbocycles. The smallest absolute Gasteiger partial charge is 0.220 e. The molecule has 1 amide bonds. The molecule has 3 N–H and O–H groups in total. The molecule has 1 heterocycles. The highest BCUT2D eigenvalue weighted by atomic mass is 16.1. The molecule has 0 fully saturated rings. The molecular formula is C12H19N3O. The first-order valence-corrected chi connectivity index (χ1v) is 5.60. The van der Waals surface area contributed by atoms with Gasteiger partial charge in [-0.15, -0.1) is 0 Å². The predicted octanol–water partition coefficient (Wildman–Crippen LogP) is 0.868. The molecule has 0 saturated carbocycles. The predicted molar refractivity (Wildman–Crippen MR) is 63.8 cm³/mol. The standard InChI is InChI=1S/C12H19N3O/c1-10(13)5-6-12(16)15-9-7-11-4-2-3-8-14-11/h2-4,8,10H,5-7,9,13H2,1H3,(H,15,16). The van der Waals surface area contributed by atoms with Gasteiger partial charge in [-0.25, -0.2) is 0 Å². The molecule has 0 aliphatic heterocycles. The molecule has 0 aliphatic rings. The second-order valence-electron chi connectivity index (χ2n) is 3.94. The van der Waals surface area contributed by atoms with Gasteiger partial charge < -0.3 is 11.1 Å².